The van der Waals surface area contributed by atoms with Crippen LogP contribution in [-0.4, -0.2) is 34.1 Å². The van der Waals surface area contributed by atoms with Crippen molar-refractivity contribution in [3.05, 3.63) is 42.5 Å². The summed E-state index contributed by atoms with van der Waals surface area (Å²) in [6.07, 6.45) is 4.16. The van der Waals surface area contributed by atoms with Crippen LogP contribution in [0.25, 0.3) is 10.8 Å². The average Bonchev–Trinajstić information content (AvgIpc) is 2.90. The summed E-state index contributed by atoms with van der Waals surface area (Å²) in [5, 5.41) is 5.89. The first-order chi connectivity index (χ1) is 13.1. The first-order valence-corrected chi connectivity index (χ1v) is 10.1. The number of thioether (sulfide) groups is 1. The van der Waals surface area contributed by atoms with E-state index in [1.54, 1.807) is 0 Å². The van der Waals surface area contributed by atoms with E-state index in [0.717, 1.165) is 39.9 Å². The molecule has 1 spiro atoms. The van der Waals surface area contributed by atoms with Gasteiger partial charge in [-0.15, -0.1) is 11.8 Å². The van der Waals surface area contributed by atoms with E-state index in [1.165, 1.54) is 11.8 Å². The summed E-state index contributed by atoms with van der Waals surface area (Å²) in [6.45, 7) is 0. The number of hydrogen-bond donors (Lipinski definition) is 2. The van der Waals surface area contributed by atoms with Crippen LogP contribution in [0, 0.1) is 0 Å². The van der Waals surface area contributed by atoms with Crippen molar-refractivity contribution < 1.29 is 14.4 Å². The van der Waals surface area contributed by atoms with Gasteiger partial charge in [-0.3, -0.25) is 15.0 Å². The molecule has 0 atom stereocenters. The molecule has 140 valence electrons. The SMILES string of the molecule is O=C(CSc1ccc2ccccc2c1)NN1C(=O)NC2(CCCCC2)C1=O. The third-order valence-electron chi connectivity index (χ3n) is 5.20. The second-order valence-corrected chi connectivity index (χ2v) is 8.09. The van der Waals surface area contributed by atoms with E-state index in [2.05, 4.69) is 10.7 Å². The van der Waals surface area contributed by atoms with Gasteiger partial charge < -0.3 is 5.32 Å². The zero-order chi connectivity index (χ0) is 18.9. The van der Waals surface area contributed by atoms with Crippen LogP contribution in [0.1, 0.15) is 32.1 Å². The van der Waals surface area contributed by atoms with Crippen LogP contribution in [0.5, 0.6) is 0 Å². The number of fused-ring (bicyclic) bond motifs is 1. The largest absolute Gasteiger partial charge is 0.344 e. The maximum atomic E-state index is 12.7. The first-order valence-electron chi connectivity index (χ1n) is 9.15. The molecule has 2 fully saturated rings. The van der Waals surface area contributed by atoms with Gasteiger partial charge in [-0.05, 0) is 35.7 Å². The fourth-order valence-corrected chi connectivity index (χ4v) is 4.52. The minimum absolute atomic E-state index is 0.127. The van der Waals surface area contributed by atoms with Crippen LogP contribution in [0.4, 0.5) is 4.79 Å². The second-order valence-electron chi connectivity index (χ2n) is 7.05. The Bertz CT molecular complexity index is 908. The minimum Gasteiger partial charge on any atom is -0.322 e. The number of carbonyl (C=O) groups is 3. The van der Waals surface area contributed by atoms with Crippen molar-refractivity contribution in [2.75, 3.05) is 5.75 Å². The number of nitrogens with zero attached hydrogens (tertiary/aromatic N) is 1. The molecule has 2 aromatic rings. The number of amides is 4. The zero-order valence-corrected chi connectivity index (χ0v) is 15.7. The summed E-state index contributed by atoms with van der Waals surface area (Å²) >= 11 is 1.37. The molecule has 2 N–H and O–H groups in total. The van der Waals surface area contributed by atoms with Gasteiger partial charge >= 0.3 is 6.03 Å². The lowest BCUT2D eigenvalue weighted by molar-refractivity contribution is -0.139. The highest BCUT2D eigenvalue weighted by Gasteiger charge is 2.52. The van der Waals surface area contributed by atoms with Gasteiger partial charge in [0.1, 0.15) is 5.54 Å². The summed E-state index contributed by atoms with van der Waals surface area (Å²) in [6, 6.07) is 13.5. The van der Waals surface area contributed by atoms with Crippen LogP contribution < -0.4 is 10.7 Å². The summed E-state index contributed by atoms with van der Waals surface area (Å²) in [4.78, 5) is 38.1. The summed E-state index contributed by atoms with van der Waals surface area (Å²) in [5.41, 5.74) is 1.64. The number of carbonyl (C=O) groups excluding carboxylic acids is 3. The fourth-order valence-electron chi connectivity index (χ4n) is 3.78. The van der Waals surface area contributed by atoms with E-state index in [4.69, 9.17) is 0 Å². The molecule has 4 amide bonds. The van der Waals surface area contributed by atoms with Gasteiger partial charge in [0.05, 0.1) is 5.75 Å². The van der Waals surface area contributed by atoms with Gasteiger partial charge in [-0.2, -0.15) is 5.01 Å². The first kappa shape index (κ1) is 17.9. The van der Waals surface area contributed by atoms with E-state index in [1.807, 2.05) is 42.5 Å². The predicted octanol–water partition coefficient (Wildman–Crippen LogP) is 3.22. The molecule has 0 aromatic heterocycles. The monoisotopic (exact) mass is 383 g/mol. The fraction of sp³-hybridized carbons (Fsp3) is 0.350. The molecule has 0 radical (unpaired) electrons. The van der Waals surface area contributed by atoms with Crippen molar-refractivity contribution in [2.45, 2.75) is 42.5 Å². The molecule has 6 nitrogen and oxygen atoms in total. The highest BCUT2D eigenvalue weighted by Crippen LogP contribution is 2.33. The molecule has 0 bridgehead atoms. The van der Waals surface area contributed by atoms with Crippen molar-refractivity contribution in [1.29, 1.82) is 0 Å². The van der Waals surface area contributed by atoms with E-state index >= 15 is 0 Å². The Morgan fingerprint density at radius 2 is 1.81 bits per heavy atom. The Hall–Kier alpha value is -2.54. The number of imide groups is 1. The molecule has 1 saturated carbocycles. The van der Waals surface area contributed by atoms with Crippen molar-refractivity contribution in [3.8, 4) is 0 Å². The van der Waals surface area contributed by atoms with Crippen LogP contribution in [0.3, 0.4) is 0 Å². The Balaban J connectivity index is 1.37. The molecule has 0 unspecified atom stereocenters. The summed E-state index contributed by atoms with van der Waals surface area (Å²) in [7, 11) is 0. The highest BCUT2D eigenvalue weighted by atomic mass is 32.2. The number of hydrazine groups is 1. The third kappa shape index (κ3) is 3.51. The quantitative estimate of drug-likeness (QED) is 0.628. The molecule has 1 aliphatic heterocycles. The van der Waals surface area contributed by atoms with Gasteiger partial charge in [-0.1, -0.05) is 49.6 Å². The standard InChI is InChI=1S/C20H21N3O3S/c24-17(13-27-16-9-8-14-6-2-3-7-15(14)12-16)22-23-18(25)20(21-19(23)26)10-4-1-5-11-20/h2-3,6-9,12H,1,4-5,10-11,13H2,(H,21,26)(H,22,24). The predicted molar refractivity (Wildman–Crippen MR) is 104 cm³/mol. The number of urea groups is 1. The van der Waals surface area contributed by atoms with E-state index in [0.29, 0.717) is 12.8 Å². The van der Waals surface area contributed by atoms with Crippen LogP contribution >= 0.6 is 11.8 Å². The van der Waals surface area contributed by atoms with Gasteiger partial charge in [0, 0.05) is 4.90 Å². The van der Waals surface area contributed by atoms with Crippen molar-refractivity contribution >= 4 is 40.4 Å². The molecule has 1 aliphatic carbocycles. The zero-order valence-electron chi connectivity index (χ0n) is 14.9. The Labute approximate surface area is 161 Å². The molecule has 1 saturated heterocycles. The van der Waals surface area contributed by atoms with Crippen molar-refractivity contribution in [3.63, 3.8) is 0 Å². The van der Waals surface area contributed by atoms with Gasteiger partial charge in [0.25, 0.3) is 5.91 Å². The number of hydrogen-bond acceptors (Lipinski definition) is 4. The lowest BCUT2D eigenvalue weighted by Crippen LogP contribution is -2.51. The normalized spacial score (nSPS) is 18.7. The highest BCUT2D eigenvalue weighted by molar-refractivity contribution is 8.00. The van der Waals surface area contributed by atoms with Crippen LogP contribution in [-0.2, 0) is 9.59 Å². The molecule has 1 heterocycles. The number of rotatable bonds is 4. The molecule has 7 heteroatoms. The number of benzene rings is 2. The Kier molecular flexibility index (Phi) is 4.78. The van der Waals surface area contributed by atoms with Crippen LogP contribution in [0.2, 0.25) is 0 Å². The average molecular weight is 383 g/mol. The smallest absolute Gasteiger partial charge is 0.322 e. The van der Waals surface area contributed by atoms with Crippen molar-refractivity contribution in [2.24, 2.45) is 0 Å². The van der Waals surface area contributed by atoms with E-state index in [-0.39, 0.29) is 17.6 Å². The van der Waals surface area contributed by atoms with E-state index in [9.17, 15) is 14.4 Å². The van der Waals surface area contributed by atoms with Crippen molar-refractivity contribution in [1.82, 2.24) is 15.8 Å². The van der Waals surface area contributed by atoms with Crippen LogP contribution in [0.15, 0.2) is 47.4 Å². The molecule has 2 aliphatic rings. The molecular formula is C20H21N3O3S. The molecule has 2 aromatic carbocycles. The number of nitrogens with one attached hydrogen (secondary N) is 2. The molecular weight excluding hydrogens is 362 g/mol. The second kappa shape index (κ2) is 7.23. The summed E-state index contributed by atoms with van der Waals surface area (Å²) in [5.74, 6) is -0.580. The lowest BCUT2D eigenvalue weighted by Gasteiger charge is -2.30. The van der Waals surface area contributed by atoms with Gasteiger partial charge in [0.2, 0.25) is 5.91 Å². The van der Waals surface area contributed by atoms with Gasteiger partial charge in [0.15, 0.2) is 0 Å². The Morgan fingerprint density at radius 3 is 2.59 bits per heavy atom. The topological polar surface area (TPSA) is 78.5 Å². The Morgan fingerprint density at radius 1 is 1.07 bits per heavy atom. The van der Waals surface area contributed by atoms with Gasteiger partial charge in [-0.25, -0.2) is 4.79 Å². The minimum atomic E-state index is -0.825. The summed E-state index contributed by atoms with van der Waals surface area (Å²) < 4.78 is 0. The molecule has 4 rings (SSSR count). The molecule has 27 heavy (non-hydrogen) atoms. The third-order valence-corrected chi connectivity index (χ3v) is 6.19. The maximum absolute atomic E-state index is 12.7. The maximum Gasteiger partial charge on any atom is 0.344 e. The lowest BCUT2D eigenvalue weighted by atomic mass is 9.82. The van der Waals surface area contributed by atoms with E-state index < -0.39 is 11.6 Å².